The van der Waals surface area contributed by atoms with Crippen LogP contribution in [-0.4, -0.2) is 23.2 Å². The monoisotopic (exact) mass is 259 g/mol. The van der Waals surface area contributed by atoms with E-state index in [0.29, 0.717) is 6.04 Å². The van der Waals surface area contributed by atoms with Crippen LogP contribution in [0.15, 0.2) is 36.4 Å². The molecular formula is C16H21NO2. The van der Waals surface area contributed by atoms with Crippen molar-refractivity contribution in [3.8, 4) is 0 Å². The number of carboxylic acids is 1. The van der Waals surface area contributed by atoms with Gasteiger partial charge in [0, 0.05) is 6.04 Å². The van der Waals surface area contributed by atoms with Crippen molar-refractivity contribution in [2.75, 3.05) is 0 Å². The Balaban J connectivity index is 1.96. The molecule has 0 spiro atoms. The van der Waals surface area contributed by atoms with E-state index >= 15 is 0 Å². The Hall–Kier alpha value is -1.61. The first-order valence-corrected chi connectivity index (χ1v) is 6.98. The zero-order valence-corrected chi connectivity index (χ0v) is 11.1. The first kappa shape index (κ1) is 13.8. The van der Waals surface area contributed by atoms with Gasteiger partial charge in [-0.05, 0) is 18.4 Å². The quantitative estimate of drug-likeness (QED) is 0.854. The summed E-state index contributed by atoms with van der Waals surface area (Å²) in [5.74, 6) is -0.808. The van der Waals surface area contributed by atoms with Gasteiger partial charge < -0.3 is 5.11 Å². The number of carbonyl (C=O) groups is 1. The Bertz CT molecular complexity index is 422. The molecule has 102 valence electrons. The van der Waals surface area contributed by atoms with Gasteiger partial charge in [-0.15, -0.1) is 0 Å². The molecule has 1 aromatic rings. The van der Waals surface area contributed by atoms with E-state index in [4.69, 9.17) is 0 Å². The minimum atomic E-state index is -0.808. The van der Waals surface area contributed by atoms with Crippen LogP contribution in [0.2, 0.25) is 0 Å². The molecular weight excluding hydrogens is 238 g/mol. The predicted molar refractivity (Wildman–Crippen MR) is 76.9 cm³/mol. The van der Waals surface area contributed by atoms with Crippen LogP contribution >= 0.6 is 0 Å². The highest BCUT2D eigenvalue weighted by Crippen LogP contribution is 2.18. The van der Waals surface area contributed by atoms with Crippen molar-refractivity contribution in [2.45, 2.75) is 44.2 Å². The number of carboxylic acid groups (broad SMARTS) is 1. The highest BCUT2D eigenvalue weighted by atomic mass is 16.4. The van der Waals surface area contributed by atoms with Crippen LogP contribution in [0.3, 0.4) is 0 Å². The lowest BCUT2D eigenvalue weighted by Gasteiger charge is -2.25. The molecule has 1 aliphatic rings. The average molecular weight is 259 g/mol. The summed E-state index contributed by atoms with van der Waals surface area (Å²) in [6, 6.07) is 9.53. The molecule has 1 fully saturated rings. The first-order valence-electron chi connectivity index (χ1n) is 6.98. The van der Waals surface area contributed by atoms with Gasteiger partial charge in [0.15, 0.2) is 0 Å². The van der Waals surface area contributed by atoms with Gasteiger partial charge in [0.25, 0.3) is 0 Å². The lowest BCUT2D eigenvalue weighted by atomic mass is 9.95. The number of rotatable bonds is 5. The topological polar surface area (TPSA) is 49.3 Å². The Morgan fingerprint density at radius 2 is 1.89 bits per heavy atom. The van der Waals surface area contributed by atoms with E-state index in [-0.39, 0.29) is 0 Å². The minimum Gasteiger partial charge on any atom is -0.480 e. The average Bonchev–Trinajstić information content (AvgIpc) is 2.45. The Kier molecular flexibility index (Phi) is 5.16. The summed E-state index contributed by atoms with van der Waals surface area (Å²) in [5, 5.41) is 12.5. The molecule has 3 nitrogen and oxygen atoms in total. The Morgan fingerprint density at radius 1 is 1.21 bits per heavy atom. The summed E-state index contributed by atoms with van der Waals surface area (Å²) >= 11 is 0. The lowest BCUT2D eigenvalue weighted by Crippen LogP contribution is -2.42. The summed E-state index contributed by atoms with van der Waals surface area (Å²) in [7, 11) is 0. The van der Waals surface area contributed by atoms with Gasteiger partial charge in [0.1, 0.15) is 6.04 Å². The van der Waals surface area contributed by atoms with Gasteiger partial charge >= 0.3 is 5.97 Å². The number of aliphatic carboxylic acids is 1. The minimum absolute atomic E-state index is 0.343. The van der Waals surface area contributed by atoms with E-state index in [9.17, 15) is 9.90 Å². The van der Waals surface area contributed by atoms with Crippen molar-refractivity contribution in [3.63, 3.8) is 0 Å². The van der Waals surface area contributed by atoms with Crippen LogP contribution in [0, 0.1) is 0 Å². The Labute approximate surface area is 114 Å². The second kappa shape index (κ2) is 7.10. The second-order valence-electron chi connectivity index (χ2n) is 5.09. The third-order valence-corrected chi connectivity index (χ3v) is 3.57. The normalized spacial score (nSPS) is 18.5. The molecule has 0 saturated heterocycles. The number of hydrogen-bond donors (Lipinski definition) is 2. The van der Waals surface area contributed by atoms with Gasteiger partial charge in [-0.25, -0.2) is 0 Å². The molecule has 3 heteroatoms. The van der Waals surface area contributed by atoms with Gasteiger partial charge in [-0.1, -0.05) is 61.7 Å². The fraction of sp³-hybridized carbons (Fsp3) is 0.438. The summed E-state index contributed by atoms with van der Waals surface area (Å²) in [6.07, 6.45) is 9.46. The van der Waals surface area contributed by atoms with E-state index in [2.05, 4.69) is 5.32 Å². The molecule has 0 radical (unpaired) electrons. The highest BCUT2D eigenvalue weighted by Gasteiger charge is 2.20. The van der Waals surface area contributed by atoms with Crippen LogP contribution in [-0.2, 0) is 4.79 Å². The summed E-state index contributed by atoms with van der Waals surface area (Å²) in [6.45, 7) is 0. The van der Waals surface area contributed by atoms with E-state index in [0.717, 1.165) is 18.4 Å². The van der Waals surface area contributed by atoms with Gasteiger partial charge in [-0.2, -0.15) is 0 Å². The first-order chi connectivity index (χ1) is 9.25. The number of benzene rings is 1. The second-order valence-corrected chi connectivity index (χ2v) is 5.09. The van der Waals surface area contributed by atoms with Crippen molar-refractivity contribution >= 4 is 12.0 Å². The molecule has 1 aromatic carbocycles. The van der Waals surface area contributed by atoms with Crippen LogP contribution in [0.5, 0.6) is 0 Å². The molecule has 0 aromatic heterocycles. The highest BCUT2D eigenvalue weighted by molar-refractivity contribution is 5.77. The van der Waals surface area contributed by atoms with Crippen molar-refractivity contribution in [2.24, 2.45) is 0 Å². The molecule has 1 atom stereocenters. The third-order valence-electron chi connectivity index (χ3n) is 3.57. The van der Waals surface area contributed by atoms with Crippen molar-refractivity contribution < 1.29 is 9.90 Å². The molecule has 2 N–H and O–H groups in total. The molecule has 19 heavy (non-hydrogen) atoms. The summed E-state index contributed by atoms with van der Waals surface area (Å²) < 4.78 is 0. The fourth-order valence-electron chi connectivity index (χ4n) is 2.50. The van der Waals surface area contributed by atoms with Crippen LogP contribution < -0.4 is 5.32 Å². The van der Waals surface area contributed by atoms with Crippen molar-refractivity contribution in [1.82, 2.24) is 5.32 Å². The van der Waals surface area contributed by atoms with E-state index in [1.807, 2.05) is 36.4 Å². The zero-order chi connectivity index (χ0) is 13.5. The zero-order valence-electron chi connectivity index (χ0n) is 11.1. The summed E-state index contributed by atoms with van der Waals surface area (Å²) in [4.78, 5) is 11.3. The Morgan fingerprint density at radius 3 is 2.53 bits per heavy atom. The van der Waals surface area contributed by atoms with Gasteiger partial charge in [-0.3, -0.25) is 10.1 Å². The van der Waals surface area contributed by atoms with Gasteiger partial charge in [0.2, 0.25) is 0 Å². The van der Waals surface area contributed by atoms with Crippen LogP contribution in [0.1, 0.15) is 37.7 Å². The lowest BCUT2D eigenvalue weighted by molar-refractivity contribution is -0.138. The molecule has 0 unspecified atom stereocenters. The maximum atomic E-state index is 11.3. The van der Waals surface area contributed by atoms with Crippen LogP contribution in [0.25, 0.3) is 6.08 Å². The number of hydrogen-bond acceptors (Lipinski definition) is 2. The molecule has 0 bridgehead atoms. The standard InChI is InChI=1S/C16H21NO2/c18-16(19)15(17-14-9-5-2-6-10-14)12-11-13-7-3-1-4-8-13/h1,3-4,7-8,11-12,14-15,17H,2,5-6,9-10H2,(H,18,19)/b12-11+/t15-/m0/s1. The third kappa shape index (κ3) is 4.52. The molecule has 2 rings (SSSR count). The molecule has 0 aliphatic heterocycles. The fourth-order valence-corrected chi connectivity index (χ4v) is 2.50. The largest absolute Gasteiger partial charge is 0.480 e. The van der Waals surface area contributed by atoms with Crippen LogP contribution in [0.4, 0.5) is 0 Å². The maximum Gasteiger partial charge on any atom is 0.324 e. The maximum absolute atomic E-state index is 11.3. The molecule has 0 amide bonds. The molecule has 0 heterocycles. The summed E-state index contributed by atoms with van der Waals surface area (Å²) in [5.41, 5.74) is 1.03. The van der Waals surface area contributed by atoms with Gasteiger partial charge in [0.05, 0.1) is 0 Å². The molecule has 1 aliphatic carbocycles. The predicted octanol–water partition coefficient (Wildman–Crippen LogP) is 3.08. The smallest absolute Gasteiger partial charge is 0.324 e. The van der Waals surface area contributed by atoms with E-state index in [1.54, 1.807) is 6.08 Å². The van der Waals surface area contributed by atoms with Crippen molar-refractivity contribution in [1.29, 1.82) is 0 Å². The van der Waals surface area contributed by atoms with Crippen molar-refractivity contribution in [3.05, 3.63) is 42.0 Å². The molecule has 1 saturated carbocycles. The van der Waals surface area contributed by atoms with E-state index in [1.165, 1.54) is 19.3 Å². The van der Waals surface area contributed by atoms with E-state index < -0.39 is 12.0 Å². The number of nitrogens with one attached hydrogen (secondary N) is 1. The SMILES string of the molecule is O=C(O)[C@H](/C=C/c1ccccc1)NC1CCCCC1.